The summed E-state index contributed by atoms with van der Waals surface area (Å²) >= 11 is 19.4. The zero-order valence-corrected chi connectivity index (χ0v) is 21.3. The lowest BCUT2D eigenvalue weighted by Gasteiger charge is -2.15. The highest BCUT2D eigenvalue weighted by Crippen LogP contribution is 2.38. The second-order valence-electron chi connectivity index (χ2n) is 8.49. The van der Waals surface area contributed by atoms with E-state index in [1.54, 1.807) is 50.4 Å². The zero-order valence-electron chi connectivity index (χ0n) is 19.0. The van der Waals surface area contributed by atoms with E-state index >= 15 is 0 Å². The number of aliphatic hydroxyl groups is 1. The van der Waals surface area contributed by atoms with Gasteiger partial charge in [0.1, 0.15) is 17.2 Å². The number of hydrogen-bond donors (Lipinski definition) is 2. The number of carboxylic acid groups (broad SMARTS) is 1. The van der Waals surface area contributed by atoms with Gasteiger partial charge in [-0.25, -0.2) is 9.78 Å². The predicted octanol–water partition coefficient (Wildman–Crippen LogP) is 7.76. The average Bonchev–Trinajstić information content (AvgIpc) is 3.18. The van der Waals surface area contributed by atoms with E-state index in [2.05, 4.69) is 9.72 Å². The third-order valence-corrected chi connectivity index (χ3v) is 6.37. The average molecular weight is 532 g/mol. The van der Waals surface area contributed by atoms with Gasteiger partial charge in [-0.2, -0.15) is 0 Å². The molecule has 0 aliphatic carbocycles. The number of imidazole rings is 1. The number of halogens is 3. The fourth-order valence-electron chi connectivity index (χ4n) is 3.73. The number of rotatable bonds is 5. The first-order valence-corrected chi connectivity index (χ1v) is 11.7. The van der Waals surface area contributed by atoms with Crippen molar-refractivity contribution in [3.05, 3.63) is 87.1 Å². The molecule has 0 aliphatic rings. The van der Waals surface area contributed by atoms with Crippen LogP contribution < -0.4 is 4.74 Å². The van der Waals surface area contributed by atoms with Gasteiger partial charge in [0.15, 0.2) is 0 Å². The van der Waals surface area contributed by atoms with E-state index < -0.39 is 11.8 Å². The highest BCUT2D eigenvalue weighted by molar-refractivity contribution is 6.39. The normalized spacial score (nSPS) is 11.5. The number of aryl methyl sites for hydroxylation is 1. The van der Waals surface area contributed by atoms with Crippen LogP contribution in [0.5, 0.6) is 5.75 Å². The fourth-order valence-corrected chi connectivity index (χ4v) is 4.58. The fraction of sp³-hybridized carbons (Fsp3) is 0.154. The van der Waals surface area contributed by atoms with Crippen LogP contribution in [0.15, 0.2) is 60.8 Å². The van der Waals surface area contributed by atoms with Crippen molar-refractivity contribution in [3.8, 4) is 34.0 Å². The summed E-state index contributed by atoms with van der Waals surface area (Å²) in [5.74, 6) is 0.639. The van der Waals surface area contributed by atoms with Gasteiger partial charge in [0.25, 0.3) is 0 Å². The standard InChI is InChI=1S/C26H21Cl3N2O4/c1-14-11-15(17-9-8-16(12-20(17)29)35-25(32)33)7-10-21(14)31-13-22(26(2,3)34)30-24(31)23-18(27)5-4-6-19(23)28/h4-13,34H,1-3H3,(H,32,33). The molecule has 0 bridgehead atoms. The van der Waals surface area contributed by atoms with Gasteiger partial charge in [0.05, 0.1) is 32.0 Å². The van der Waals surface area contributed by atoms with Crippen LogP contribution in [0.3, 0.4) is 0 Å². The van der Waals surface area contributed by atoms with Crippen molar-refractivity contribution in [1.82, 2.24) is 9.55 Å². The molecule has 4 rings (SSSR count). The summed E-state index contributed by atoms with van der Waals surface area (Å²) in [5, 5.41) is 20.7. The summed E-state index contributed by atoms with van der Waals surface area (Å²) in [5.41, 5.74) is 3.10. The Morgan fingerprint density at radius 2 is 1.69 bits per heavy atom. The van der Waals surface area contributed by atoms with Crippen LogP contribution in [-0.4, -0.2) is 25.9 Å². The highest BCUT2D eigenvalue weighted by atomic mass is 35.5. The molecule has 0 radical (unpaired) electrons. The van der Waals surface area contributed by atoms with Crippen LogP contribution in [0.2, 0.25) is 15.1 Å². The summed E-state index contributed by atoms with van der Waals surface area (Å²) < 4.78 is 6.52. The van der Waals surface area contributed by atoms with Crippen molar-refractivity contribution in [2.24, 2.45) is 0 Å². The molecule has 0 atom stereocenters. The Hall–Kier alpha value is -3.03. The Labute approximate surface area is 217 Å². The molecule has 0 spiro atoms. The molecule has 1 aromatic heterocycles. The number of ether oxygens (including phenoxy) is 1. The van der Waals surface area contributed by atoms with Crippen molar-refractivity contribution in [3.63, 3.8) is 0 Å². The number of carbonyl (C=O) groups is 1. The molecule has 0 unspecified atom stereocenters. The summed E-state index contributed by atoms with van der Waals surface area (Å²) in [6.07, 6.45) is 0.358. The molecule has 6 nitrogen and oxygen atoms in total. The Balaban J connectivity index is 1.83. The number of benzene rings is 3. The number of nitrogens with zero attached hydrogens (tertiary/aromatic N) is 2. The monoisotopic (exact) mass is 530 g/mol. The first kappa shape index (κ1) is 25.1. The van der Waals surface area contributed by atoms with Crippen LogP contribution in [0.25, 0.3) is 28.2 Å². The Bertz CT molecular complexity index is 1420. The molecular formula is C26H21Cl3N2O4. The van der Waals surface area contributed by atoms with Crippen LogP contribution in [0.1, 0.15) is 25.1 Å². The van der Waals surface area contributed by atoms with E-state index in [0.717, 1.165) is 22.4 Å². The number of hydrogen-bond acceptors (Lipinski definition) is 4. The predicted molar refractivity (Wildman–Crippen MR) is 138 cm³/mol. The highest BCUT2D eigenvalue weighted by Gasteiger charge is 2.25. The molecule has 2 N–H and O–H groups in total. The smallest absolute Gasteiger partial charge is 0.449 e. The maximum Gasteiger partial charge on any atom is 0.511 e. The minimum absolute atomic E-state index is 0.137. The molecule has 0 amide bonds. The third-order valence-electron chi connectivity index (χ3n) is 5.43. The van der Waals surface area contributed by atoms with Crippen molar-refractivity contribution in [2.45, 2.75) is 26.4 Å². The second-order valence-corrected chi connectivity index (χ2v) is 9.71. The van der Waals surface area contributed by atoms with Gasteiger partial charge < -0.3 is 14.9 Å². The Kier molecular flexibility index (Phi) is 6.84. The van der Waals surface area contributed by atoms with E-state index in [0.29, 0.717) is 32.1 Å². The summed E-state index contributed by atoms with van der Waals surface area (Å²) in [4.78, 5) is 15.5. The topological polar surface area (TPSA) is 84.6 Å². The Morgan fingerprint density at radius 1 is 1.00 bits per heavy atom. The molecule has 4 aromatic rings. The lowest BCUT2D eigenvalue weighted by Crippen LogP contribution is -2.15. The van der Waals surface area contributed by atoms with E-state index in [1.807, 2.05) is 29.7 Å². The first-order valence-electron chi connectivity index (χ1n) is 10.5. The van der Waals surface area contributed by atoms with Gasteiger partial charge in [-0.15, -0.1) is 0 Å². The van der Waals surface area contributed by atoms with E-state index in [-0.39, 0.29) is 5.75 Å². The molecule has 9 heteroatoms. The molecule has 0 saturated carbocycles. The summed E-state index contributed by atoms with van der Waals surface area (Å²) in [7, 11) is 0. The summed E-state index contributed by atoms with van der Waals surface area (Å²) in [6.45, 7) is 5.26. The van der Waals surface area contributed by atoms with Crippen LogP contribution in [0, 0.1) is 6.92 Å². The van der Waals surface area contributed by atoms with E-state index in [4.69, 9.17) is 39.9 Å². The molecule has 0 aliphatic heterocycles. The van der Waals surface area contributed by atoms with Crippen LogP contribution in [-0.2, 0) is 5.60 Å². The first-order chi connectivity index (χ1) is 16.5. The molecule has 3 aromatic carbocycles. The van der Waals surface area contributed by atoms with Crippen molar-refractivity contribution in [1.29, 1.82) is 0 Å². The van der Waals surface area contributed by atoms with Gasteiger partial charge >= 0.3 is 6.16 Å². The van der Waals surface area contributed by atoms with Crippen LogP contribution in [0.4, 0.5) is 4.79 Å². The quantitative estimate of drug-likeness (QED) is 0.203. The Morgan fingerprint density at radius 3 is 2.26 bits per heavy atom. The molecule has 180 valence electrons. The van der Waals surface area contributed by atoms with Gasteiger partial charge in [-0.3, -0.25) is 4.57 Å². The van der Waals surface area contributed by atoms with Crippen molar-refractivity contribution < 1.29 is 19.7 Å². The maximum atomic E-state index is 10.8. The molecule has 0 fully saturated rings. The second kappa shape index (κ2) is 9.55. The van der Waals surface area contributed by atoms with Gasteiger partial charge in [0, 0.05) is 17.8 Å². The molecule has 0 saturated heterocycles. The van der Waals surface area contributed by atoms with Crippen molar-refractivity contribution >= 4 is 41.0 Å². The lowest BCUT2D eigenvalue weighted by molar-refractivity contribution is 0.0743. The van der Waals surface area contributed by atoms with Crippen molar-refractivity contribution in [2.75, 3.05) is 0 Å². The molecule has 35 heavy (non-hydrogen) atoms. The van der Waals surface area contributed by atoms with Crippen LogP contribution >= 0.6 is 34.8 Å². The summed E-state index contributed by atoms with van der Waals surface area (Å²) in [6, 6.07) is 15.7. The SMILES string of the molecule is Cc1cc(-c2ccc(OC(=O)O)cc2Cl)ccc1-n1cc(C(C)(C)O)nc1-c1c(Cl)cccc1Cl. The zero-order chi connectivity index (χ0) is 25.5. The largest absolute Gasteiger partial charge is 0.511 e. The third kappa shape index (κ3) is 5.16. The maximum absolute atomic E-state index is 10.8. The molecular weight excluding hydrogens is 511 g/mol. The van der Waals surface area contributed by atoms with Gasteiger partial charge in [-0.05, 0) is 68.3 Å². The van der Waals surface area contributed by atoms with Gasteiger partial charge in [-0.1, -0.05) is 46.9 Å². The lowest BCUT2D eigenvalue weighted by atomic mass is 10.0. The minimum Gasteiger partial charge on any atom is -0.449 e. The van der Waals surface area contributed by atoms with E-state index in [1.165, 1.54) is 6.07 Å². The van der Waals surface area contributed by atoms with Gasteiger partial charge in [0.2, 0.25) is 0 Å². The number of aromatic nitrogens is 2. The van der Waals surface area contributed by atoms with E-state index in [9.17, 15) is 9.90 Å². The minimum atomic E-state index is -1.41. The molecule has 1 heterocycles.